The molecular weight excluding hydrogens is 287 g/mol. The first-order valence-corrected chi connectivity index (χ1v) is 7.77. The zero-order valence-corrected chi connectivity index (χ0v) is 12.6. The molecule has 0 heterocycles. The normalized spacial score (nSPS) is 13.1. The molecule has 4 heteroatoms. The number of hydrogen-bond acceptors (Lipinski definition) is 2. The summed E-state index contributed by atoms with van der Waals surface area (Å²) in [5, 5.41) is -0.674. The molecule has 0 bridgehead atoms. The summed E-state index contributed by atoms with van der Waals surface area (Å²) in [6.07, 6.45) is 1.22. The van der Waals surface area contributed by atoms with Gasteiger partial charge in [-0.15, -0.1) is 0 Å². The standard InChI is InChI=1S/C17H17FO2S/c1-14-7-9-16(10-8-14)21(19)17(18)11-12-20-13-15-5-3-2-4-6-15/h2-11H,12-13H2,1H3/b17-11+/t21-/m0/s1. The van der Waals surface area contributed by atoms with Gasteiger partial charge in [0.25, 0.3) is 0 Å². The van der Waals surface area contributed by atoms with E-state index in [2.05, 4.69) is 0 Å². The molecule has 0 amide bonds. The number of rotatable bonds is 6. The lowest BCUT2D eigenvalue weighted by molar-refractivity contribution is 0.148. The molecular formula is C17H17FO2S. The Morgan fingerprint density at radius 3 is 2.48 bits per heavy atom. The van der Waals surface area contributed by atoms with Crippen molar-refractivity contribution in [3.8, 4) is 0 Å². The molecule has 2 aromatic carbocycles. The van der Waals surface area contributed by atoms with Crippen molar-refractivity contribution in [3.63, 3.8) is 0 Å². The predicted octanol–water partition coefficient (Wildman–Crippen LogP) is 4.13. The average Bonchev–Trinajstić information content (AvgIpc) is 2.52. The smallest absolute Gasteiger partial charge is 0.190 e. The monoisotopic (exact) mass is 304 g/mol. The summed E-state index contributed by atoms with van der Waals surface area (Å²) in [5.74, 6) is 0. The minimum Gasteiger partial charge on any atom is -0.373 e. The highest BCUT2D eigenvalue weighted by molar-refractivity contribution is 7.88. The maximum Gasteiger partial charge on any atom is 0.190 e. The Balaban J connectivity index is 1.86. The lowest BCUT2D eigenvalue weighted by Crippen LogP contribution is -1.96. The zero-order chi connectivity index (χ0) is 15.1. The van der Waals surface area contributed by atoms with Crippen LogP contribution in [0.5, 0.6) is 0 Å². The highest BCUT2D eigenvalue weighted by Crippen LogP contribution is 2.16. The summed E-state index contributed by atoms with van der Waals surface area (Å²) in [6, 6.07) is 16.6. The van der Waals surface area contributed by atoms with Gasteiger partial charge in [-0.2, -0.15) is 4.39 Å². The van der Waals surface area contributed by atoms with Crippen LogP contribution in [0.2, 0.25) is 0 Å². The Hall–Kier alpha value is -1.78. The molecule has 0 radical (unpaired) electrons. The van der Waals surface area contributed by atoms with Crippen molar-refractivity contribution in [2.24, 2.45) is 0 Å². The molecule has 2 aromatic rings. The summed E-state index contributed by atoms with van der Waals surface area (Å²) in [6.45, 7) is 2.43. The number of benzene rings is 2. The molecule has 0 aliphatic carbocycles. The number of aryl methyl sites for hydroxylation is 1. The Labute approximate surface area is 126 Å². The van der Waals surface area contributed by atoms with Crippen LogP contribution in [0.4, 0.5) is 4.39 Å². The van der Waals surface area contributed by atoms with E-state index in [1.54, 1.807) is 12.1 Å². The first kappa shape index (κ1) is 15.6. The van der Waals surface area contributed by atoms with Gasteiger partial charge in [0, 0.05) is 4.90 Å². The van der Waals surface area contributed by atoms with Crippen LogP contribution in [0.25, 0.3) is 0 Å². The maximum absolute atomic E-state index is 13.8. The second kappa shape index (κ2) is 7.86. The largest absolute Gasteiger partial charge is 0.373 e. The van der Waals surface area contributed by atoms with E-state index in [1.165, 1.54) is 6.08 Å². The first-order chi connectivity index (χ1) is 10.2. The van der Waals surface area contributed by atoms with Crippen molar-refractivity contribution in [1.29, 1.82) is 0 Å². The Morgan fingerprint density at radius 1 is 1.14 bits per heavy atom. The first-order valence-electron chi connectivity index (χ1n) is 6.62. The second-order valence-corrected chi connectivity index (χ2v) is 5.99. The second-order valence-electron chi connectivity index (χ2n) is 4.59. The van der Waals surface area contributed by atoms with E-state index in [9.17, 15) is 8.60 Å². The molecule has 0 aromatic heterocycles. The van der Waals surface area contributed by atoms with Crippen molar-refractivity contribution in [2.75, 3.05) is 6.61 Å². The van der Waals surface area contributed by atoms with Crippen LogP contribution >= 0.6 is 0 Å². The van der Waals surface area contributed by atoms with Crippen LogP contribution in [0.15, 0.2) is 70.7 Å². The summed E-state index contributed by atoms with van der Waals surface area (Å²) >= 11 is 0. The summed E-state index contributed by atoms with van der Waals surface area (Å²) in [4.78, 5) is 0.456. The van der Waals surface area contributed by atoms with Crippen LogP contribution in [0.1, 0.15) is 11.1 Å². The highest BCUT2D eigenvalue weighted by atomic mass is 32.2. The fourth-order valence-corrected chi connectivity index (χ4v) is 2.55. The van der Waals surface area contributed by atoms with E-state index in [0.717, 1.165) is 11.1 Å². The van der Waals surface area contributed by atoms with Crippen LogP contribution < -0.4 is 0 Å². The average molecular weight is 304 g/mol. The molecule has 110 valence electrons. The lowest BCUT2D eigenvalue weighted by Gasteiger charge is -2.02. The number of ether oxygens (including phenoxy) is 1. The topological polar surface area (TPSA) is 26.3 Å². The number of halogens is 1. The molecule has 0 unspecified atom stereocenters. The van der Waals surface area contributed by atoms with Gasteiger partial charge in [0.05, 0.1) is 13.2 Å². The molecule has 0 aliphatic rings. The van der Waals surface area contributed by atoms with Gasteiger partial charge in [0.2, 0.25) is 0 Å². The van der Waals surface area contributed by atoms with Gasteiger partial charge in [0.15, 0.2) is 5.16 Å². The lowest BCUT2D eigenvalue weighted by atomic mass is 10.2. The van der Waals surface area contributed by atoms with Gasteiger partial charge >= 0.3 is 0 Å². The molecule has 2 nitrogen and oxygen atoms in total. The van der Waals surface area contributed by atoms with E-state index in [4.69, 9.17) is 4.74 Å². The molecule has 2 rings (SSSR count). The van der Waals surface area contributed by atoms with E-state index >= 15 is 0 Å². The fraction of sp³-hybridized carbons (Fsp3) is 0.176. The Kier molecular flexibility index (Phi) is 5.84. The van der Waals surface area contributed by atoms with Crippen LogP contribution in [-0.2, 0) is 22.1 Å². The summed E-state index contributed by atoms with van der Waals surface area (Å²) in [7, 11) is -1.77. The van der Waals surface area contributed by atoms with Gasteiger partial charge in [-0.3, -0.25) is 0 Å². The van der Waals surface area contributed by atoms with Gasteiger partial charge < -0.3 is 4.74 Å². The fourth-order valence-electron chi connectivity index (χ4n) is 1.73. The molecule has 0 spiro atoms. The Morgan fingerprint density at radius 2 is 1.81 bits per heavy atom. The highest BCUT2D eigenvalue weighted by Gasteiger charge is 2.09. The Bertz CT molecular complexity index is 621. The third kappa shape index (κ3) is 4.92. The number of hydrogen-bond donors (Lipinski definition) is 0. The van der Waals surface area contributed by atoms with Gasteiger partial charge in [-0.1, -0.05) is 48.0 Å². The quantitative estimate of drug-likeness (QED) is 0.750. The minimum atomic E-state index is -1.77. The third-order valence-corrected chi connectivity index (χ3v) is 4.11. The zero-order valence-electron chi connectivity index (χ0n) is 11.8. The third-order valence-electron chi connectivity index (χ3n) is 2.89. The minimum absolute atomic E-state index is 0.0956. The van der Waals surface area contributed by atoms with E-state index in [1.807, 2.05) is 49.4 Å². The molecule has 0 saturated heterocycles. The molecule has 0 aliphatic heterocycles. The van der Waals surface area contributed by atoms with Crippen molar-refractivity contribution in [1.82, 2.24) is 0 Å². The predicted molar refractivity (Wildman–Crippen MR) is 82.9 cm³/mol. The van der Waals surface area contributed by atoms with Crippen LogP contribution in [0, 0.1) is 6.92 Å². The van der Waals surface area contributed by atoms with Crippen LogP contribution in [-0.4, -0.2) is 10.8 Å². The molecule has 1 atom stereocenters. The van der Waals surface area contributed by atoms with Crippen molar-refractivity contribution < 1.29 is 13.3 Å². The molecule has 0 saturated carbocycles. The van der Waals surface area contributed by atoms with Crippen molar-refractivity contribution in [2.45, 2.75) is 18.4 Å². The van der Waals surface area contributed by atoms with Gasteiger partial charge in [-0.05, 0) is 30.7 Å². The molecule has 21 heavy (non-hydrogen) atoms. The van der Waals surface area contributed by atoms with Crippen LogP contribution in [0.3, 0.4) is 0 Å². The molecule has 0 fully saturated rings. The summed E-state index contributed by atoms with van der Waals surface area (Å²) < 4.78 is 31.1. The SMILES string of the molecule is Cc1ccc([S@](=O)/C(F)=C/COCc2ccccc2)cc1. The van der Waals surface area contributed by atoms with Crippen molar-refractivity contribution >= 4 is 10.8 Å². The maximum atomic E-state index is 13.8. The van der Waals surface area contributed by atoms with Crippen molar-refractivity contribution in [3.05, 3.63) is 77.0 Å². The molecule has 0 N–H and O–H groups in total. The van der Waals surface area contributed by atoms with Gasteiger partial charge in [0.1, 0.15) is 10.8 Å². The van der Waals surface area contributed by atoms with E-state index < -0.39 is 16.0 Å². The summed E-state index contributed by atoms with van der Waals surface area (Å²) in [5.41, 5.74) is 2.07. The van der Waals surface area contributed by atoms with Gasteiger partial charge in [-0.25, -0.2) is 4.21 Å². The van der Waals surface area contributed by atoms with E-state index in [-0.39, 0.29) is 6.61 Å². The van der Waals surface area contributed by atoms with E-state index in [0.29, 0.717) is 11.5 Å².